The number of nitrogens with one attached hydrogen (secondary N) is 2. The summed E-state index contributed by atoms with van der Waals surface area (Å²) < 4.78 is 10.7. The Labute approximate surface area is 145 Å². The van der Waals surface area contributed by atoms with Gasteiger partial charge < -0.3 is 19.7 Å². The van der Waals surface area contributed by atoms with E-state index in [1.54, 1.807) is 25.7 Å². The first-order valence-corrected chi connectivity index (χ1v) is 8.25. The monoisotopic (exact) mass is 346 g/mol. The third-order valence-corrected chi connectivity index (χ3v) is 4.31. The molecule has 0 radical (unpaired) electrons. The van der Waals surface area contributed by atoms with Gasteiger partial charge in [-0.05, 0) is 23.6 Å². The number of nitrogens with zero attached hydrogens (tertiary/aromatic N) is 1. The molecule has 1 aromatic heterocycles. The lowest BCUT2D eigenvalue weighted by Crippen LogP contribution is -3.08. The molecule has 7 heteroatoms. The van der Waals surface area contributed by atoms with E-state index in [1.807, 2.05) is 25.2 Å². The van der Waals surface area contributed by atoms with Crippen molar-refractivity contribution in [3.05, 3.63) is 40.8 Å². The van der Waals surface area contributed by atoms with E-state index in [0.717, 1.165) is 10.5 Å². The fourth-order valence-corrected chi connectivity index (χ4v) is 3.17. The number of benzene rings is 1. The molecular weight excluding hydrogens is 326 g/mol. The molecule has 0 aliphatic rings. The standard InChI is InChI=1S/C17H19N3O3S/c1-20(10-13-5-4-6-14(22-2)16(13)23-3)11-15(21)19-17-12(9-18)7-8-24-17/h4-8H,10-11H2,1-3H3,(H,19,21)/p+1. The van der Waals surface area contributed by atoms with Gasteiger partial charge in [0.1, 0.15) is 17.6 Å². The number of likely N-dealkylation sites (N-methyl/N-ethyl adjacent to an activating group) is 1. The van der Waals surface area contributed by atoms with Crippen LogP contribution in [0.1, 0.15) is 11.1 Å². The van der Waals surface area contributed by atoms with Crippen molar-refractivity contribution in [2.45, 2.75) is 6.54 Å². The summed E-state index contributed by atoms with van der Waals surface area (Å²) in [5, 5.41) is 14.1. The third-order valence-electron chi connectivity index (χ3n) is 3.48. The van der Waals surface area contributed by atoms with Crippen molar-refractivity contribution in [3.8, 4) is 17.6 Å². The molecule has 1 unspecified atom stereocenters. The molecular formula is C17H20N3O3S+. The maximum atomic E-state index is 12.2. The highest BCUT2D eigenvalue weighted by Crippen LogP contribution is 2.30. The van der Waals surface area contributed by atoms with E-state index in [4.69, 9.17) is 14.7 Å². The van der Waals surface area contributed by atoms with Gasteiger partial charge in [-0.15, -0.1) is 11.3 Å². The number of thiophene rings is 1. The molecule has 1 amide bonds. The summed E-state index contributed by atoms with van der Waals surface area (Å²) in [6.07, 6.45) is 0. The zero-order valence-corrected chi connectivity index (χ0v) is 14.7. The van der Waals surface area contributed by atoms with Gasteiger partial charge in [-0.2, -0.15) is 5.26 Å². The lowest BCUT2D eigenvalue weighted by molar-refractivity contribution is -0.885. The molecule has 0 aliphatic heterocycles. The van der Waals surface area contributed by atoms with Crippen molar-refractivity contribution in [1.29, 1.82) is 5.26 Å². The number of hydrogen-bond donors (Lipinski definition) is 2. The SMILES string of the molecule is COc1cccc(C[NH+](C)CC(=O)Nc2sccc2C#N)c1OC. The van der Waals surface area contributed by atoms with E-state index < -0.39 is 0 Å². The average Bonchev–Trinajstić information content (AvgIpc) is 3.01. The van der Waals surface area contributed by atoms with Crippen molar-refractivity contribution >= 4 is 22.2 Å². The summed E-state index contributed by atoms with van der Waals surface area (Å²) in [6, 6.07) is 9.44. The largest absolute Gasteiger partial charge is 0.493 e. The molecule has 2 N–H and O–H groups in total. The number of para-hydroxylation sites is 1. The number of carbonyl (C=O) groups is 1. The Morgan fingerprint density at radius 1 is 1.33 bits per heavy atom. The van der Waals surface area contributed by atoms with Gasteiger partial charge in [0.05, 0.1) is 32.4 Å². The van der Waals surface area contributed by atoms with Gasteiger partial charge in [0.2, 0.25) is 0 Å². The summed E-state index contributed by atoms with van der Waals surface area (Å²) in [6.45, 7) is 0.895. The van der Waals surface area contributed by atoms with E-state index >= 15 is 0 Å². The Hall–Kier alpha value is -2.56. The summed E-state index contributed by atoms with van der Waals surface area (Å²) in [4.78, 5) is 13.2. The molecule has 1 heterocycles. The summed E-state index contributed by atoms with van der Waals surface area (Å²) in [7, 11) is 5.13. The summed E-state index contributed by atoms with van der Waals surface area (Å²) in [5.41, 5.74) is 1.46. The molecule has 1 atom stereocenters. The van der Waals surface area contributed by atoms with Gasteiger partial charge in [-0.1, -0.05) is 6.07 Å². The van der Waals surface area contributed by atoms with Crippen molar-refractivity contribution < 1.29 is 19.2 Å². The van der Waals surface area contributed by atoms with Crippen LogP contribution in [-0.2, 0) is 11.3 Å². The van der Waals surface area contributed by atoms with Crippen LogP contribution >= 0.6 is 11.3 Å². The Kier molecular flexibility index (Phi) is 6.18. The van der Waals surface area contributed by atoms with E-state index in [9.17, 15) is 4.79 Å². The van der Waals surface area contributed by atoms with Crippen LogP contribution in [0, 0.1) is 11.3 Å². The minimum absolute atomic E-state index is 0.131. The molecule has 2 rings (SSSR count). The molecule has 2 aromatic rings. The van der Waals surface area contributed by atoms with E-state index in [2.05, 4.69) is 11.4 Å². The summed E-state index contributed by atoms with van der Waals surface area (Å²) >= 11 is 1.34. The van der Waals surface area contributed by atoms with Gasteiger partial charge >= 0.3 is 0 Å². The van der Waals surface area contributed by atoms with Gasteiger partial charge in [-0.25, -0.2) is 0 Å². The highest BCUT2D eigenvalue weighted by Gasteiger charge is 2.17. The van der Waals surface area contributed by atoms with Gasteiger partial charge in [0, 0.05) is 0 Å². The topological polar surface area (TPSA) is 75.8 Å². The molecule has 1 aromatic carbocycles. The first kappa shape index (κ1) is 17.8. The van der Waals surface area contributed by atoms with Crippen LogP contribution in [0.4, 0.5) is 5.00 Å². The predicted molar refractivity (Wildman–Crippen MR) is 92.7 cm³/mol. The maximum absolute atomic E-state index is 12.2. The number of ether oxygens (including phenoxy) is 2. The second kappa shape index (κ2) is 8.34. The first-order valence-electron chi connectivity index (χ1n) is 7.37. The molecule has 0 saturated heterocycles. The molecule has 126 valence electrons. The van der Waals surface area contributed by atoms with Crippen molar-refractivity contribution in [3.63, 3.8) is 0 Å². The minimum Gasteiger partial charge on any atom is -0.493 e. The highest BCUT2D eigenvalue weighted by atomic mass is 32.1. The Bertz CT molecular complexity index is 752. The molecule has 0 bridgehead atoms. The Morgan fingerprint density at radius 3 is 2.79 bits per heavy atom. The van der Waals surface area contributed by atoms with Crippen LogP contribution in [-0.4, -0.2) is 33.7 Å². The van der Waals surface area contributed by atoms with Crippen LogP contribution in [0.15, 0.2) is 29.6 Å². The number of hydrogen-bond acceptors (Lipinski definition) is 5. The van der Waals surface area contributed by atoms with Crippen LogP contribution in [0.25, 0.3) is 0 Å². The quantitative estimate of drug-likeness (QED) is 0.792. The van der Waals surface area contributed by atoms with E-state index in [-0.39, 0.29) is 12.5 Å². The molecule has 24 heavy (non-hydrogen) atoms. The number of quaternary nitrogens is 1. The number of amides is 1. The lowest BCUT2D eigenvalue weighted by Gasteiger charge is -2.17. The van der Waals surface area contributed by atoms with Gasteiger partial charge in [-0.3, -0.25) is 4.79 Å². The van der Waals surface area contributed by atoms with Gasteiger partial charge in [0.25, 0.3) is 5.91 Å². The van der Waals surface area contributed by atoms with Crippen LogP contribution in [0.2, 0.25) is 0 Å². The number of carbonyl (C=O) groups excluding carboxylic acids is 1. The van der Waals surface area contributed by atoms with Crippen LogP contribution in [0.3, 0.4) is 0 Å². The number of anilines is 1. The molecule has 0 spiro atoms. The summed E-state index contributed by atoms with van der Waals surface area (Å²) in [5.74, 6) is 1.22. The third kappa shape index (κ3) is 4.25. The number of nitriles is 1. The van der Waals surface area contributed by atoms with Gasteiger partial charge in [0.15, 0.2) is 18.0 Å². The average molecular weight is 346 g/mol. The molecule has 6 nitrogen and oxygen atoms in total. The van der Waals surface area contributed by atoms with Crippen LogP contribution in [0.5, 0.6) is 11.5 Å². The highest BCUT2D eigenvalue weighted by molar-refractivity contribution is 7.14. The van der Waals surface area contributed by atoms with E-state index in [1.165, 1.54) is 11.3 Å². The zero-order valence-electron chi connectivity index (χ0n) is 13.9. The zero-order chi connectivity index (χ0) is 17.5. The first-order chi connectivity index (χ1) is 11.6. The molecule has 0 fully saturated rings. The van der Waals surface area contributed by atoms with Crippen molar-refractivity contribution in [1.82, 2.24) is 0 Å². The molecule has 0 saturated carbocycles. The fourth-order valence-electron chi connectivity index (χ4n) is 2.42. The maximum Gasteiger partial charge on any atom is 0.280 e. The van der Waals surface area contributed by atoms with Crippen molar-refractivity contribution in [2.75, 3.05) is 33.1 Å². The normalized spacial score (nSPS) is 11.4. The smallest absolute Gasteiger partial charge is 0.280 e. The van der Waals surface area contributed by atoms with Crippen LogP contribution < -0.4 is 19.7 Å². The number of methoxy groups -OCH3 is 2. The van der Waals surface area contributed by atoms with Crippen molar-refractivity contribution in [2.24, 2.45) is 0 Å². The molecule has 0 aliphatic carbocycles. The number of rotatable bonds is 7. The second-order valence-corrected chi connectivity index (χ2v) is 6.20. The predicted octanol–water partition coefficient (Wildman–Crippen LogP) is 1.29. The fraction of sp³-hybridized carbons (Fsp3) is 0.294. The Morgan fingerprint density at radius 2 is 2.12 bits per heavy atom. The minimum atomic E-state index is -0.131. The second-order valence-electron chi connectivity index (χ2n) is 5.29. The lowest BCUT2D eigenvalue weighted by atomic mass is 10.1. The van der Waals surface area contributed by atoms with E-state index in [0.29, 0.717) is 28.6 Å². The Balaban J connectivity index is 1.99.